The van der Waals surface area contributed by atoms with Crippen LogP contribution >= 0.6 is 11.6 Å². The van der Waals surface area contributed by atoms with E-state index in [0.29, 0.717) is 27.9 Å². The van der Waals surface area contributed by atoms with Crippen molar-refractivity contribution in [3.8, 4) is 11.5 Å². The van der Waals surface area contributed by atoms with Gasteiger partial charge < -0.3 is 19.7 Å². The topological polar surface area (TPSA) is 114 Å². The van der Waals surface area contributed by atoms with Gasteiger partial charge in [-0.3, -0.25) is 14.3 Å². The van der Waals surface area contributed by atoms with E-state index < -0.39 is 15.9 Å². The zero-order valence-corrected chi connectivity index (χ0v) is 20.3. The van der Waals surface area contributed by atoms with Gasteiger partial charge in [0.15, 0.2) is 0 Å². The lowest BCUT2D eigenvalue weighted by Crippen LogP contribution is -2.34. The average molecular weight is 496 g/mol. The predicted octanol–water partition coefficient (Wildman–Crippen LogP) is 2.96. The molecule has 1 fully saturated rings. The van der Waals surface area contributed by atoms with Crippen molar-refractivity contribution in [1.82, 2.24) is 5.32 Å². The van der Waals surface area contributed by atoms with Crippen LogP contribution in [-0.4, -0.2) is 47.3 Å². The molecule has 11 heteroatoms. The SMILES string of the molecule is COc1cc(OC)c(N2C[C@H](C(=O)N[C@@H](C)c3ccc(NS(C)(=O)=O)cc3)CC2=O)cc1Cl. The summed E-state index contributed by atoms with van der Waals surface area (Å²) in [5.41, 5.74) is 1.71. The van der Waals surface area contributed by atoms with Gasteiger partial charge in [0.1, 0.15) is 11.5 Å². The fraction of sp³-hybridized carbons (Fsp3) is 0.364. The number of rotatable bonds is 8. The Morgan fingerprint density at radius 2 is 1.79 bits per heavy atom. The van der Waals surface area contributed by atoms with Gasteiger partial charge >= 0.3 is 0 Å². The third-order valence-electron chi connectivity index (χ3n) is 5.31. The lowest BCUT2D eigenvalue weighted by Gasteiger charge is -2.21. The first-order valence-corrected chi connectivity index (χ1v) is 12.4. The molecule has 1 heterocycles. The monoisotopic (exact) mass is 495 g/mol. The Labute approximate surface area is 198 Å². The van der Waals surface area contributed by atoms with Crippen LogP contribution in [0.15, 0.2) is 36.4 Å². The highest BCUT2D eigenvalue weighted by molar-refractivity contribution is 7.92. The number of hydrogen-bond acceptors (Lipinski definition) is 6. The van der Waals surface area contributed by atoms with Crippen molar-refractivity contribution in [2.75, 3.05) is 36.6 Å². The lowest BCUT2D eigenvalue weighted by molar-refractivity contribution is -0.126. The molecule has 33 heavy (non-hydrogen) atoms. The summed E-state index contributed by atoms with van der Waals surface area (Å²) in [7, 11) is -0.400. The van der Waals surface area contributed by atoms with Gasteiger partial charge in [0.25, 0.3) is 0 Å². The molecule has 0 saturated carbocycles. The summed E-state index contributed by atoms with van der Waals surface area (Å²) < 4.78 is 35.6. The molecule has 0 radical (unpaired) electrons. The number of carbonyl (C=O) groups is 2. The summed E-state index contributed by atoms with van der Waals surface area (Å²) >= 11 is 6.23. The summed E-state index contributed by atoms with van der Waals surface area (Å²) in [5.74, 6) is -0.169. The predicted molar refractivity (Wildman–Crippen MR) is 126 cm³/mol. The van der Waals surface area contributed by atoms with E-state index in [9.17, 15) is 18.0 Å². The van der Waals surface area contributed by atoms with Gasteiger partial charge in [-0.1, -0.05) is 23.7 Å². The standard InChI is InChI=1S/C22H26ClN3O6S/c1-13(14-5-7-16(8-6-14)25-33(4,29)30)24-22(28)15-9-21(27)26(12-15)18-10-17(23)19(31-2)11-20(18)32-3/h5-8,10-11,13,15,25H,9,12H2,1-4H3,(H,24,28)/t13-,15+/m0/s1. The van der Waals surface area contributed by atoms with Crippen LogP contribution in [0.4, 0.5) is 11.4 Å². The molecule has 1 aliphatic heterocycles. The number of carbonyl (C=O) groups excluding carboxylic acids is 2. The lowest BCUT2D eigenvalue weighted by atomic mass is 10.0. The third kappa shape index (κ3) is 5.88. The normalized spacial score (nSPS) is 16.9. The molecule has 2 aromatic carbocycles. The molecule has 2 atom stereocenters. The number of sulfonamides is 1. The van der Waals surface area contributed by atoms with E-state index in [1.165, 1.54) is 19.1 Å². The second kappa shape index (κ2) is 9.88. The minimum atomic E-state index is -3.37. The van der Waals surface area contributed by atoms with Crippen molar-refractivity contribution in [3.05, 3.63) is 47.0 Å². The van der Waals surface area contributed by atoms with Gasteiger partial charge in [0.2, 0.25) is 21.8 Å². The number of methoxy groups -OCH3 is 2. The van der Waals surface area contributed by atoms with E-state index in [1.54, 1.807) is 36.4 Å². The van der Waals surface area contributed by atoms with Crippen molar-refractivity contribution in [2.24, 2.45) is 5.92 Å². The minimum absolute atomic E-state index is 0.0581. The Kier molecular flexibility index (Phi) is 7.38. The summed E-state index contributed by atoms with van der Waals surface area (Å²) in [4.78, 5) is 27.1. The molecule has 0 unspecified atom stereocenters. The Balaban J connectivity index is 1.69. The third-order valence-corrected chi connectivity index (χ3v) is 6.21. The maximum absolute atomic E-state index is 12.9. The molecule has 3 rings (SSSR count). The smallest absolute Gasteiger partial charge is 0.229 e. The van der Waals surface area contributed by atoms with Crippen LogP contribution in [0.3, 0.4) is 0 Å². The highest BCUT2D eigenvalue weighted by atomic mass is 35.5. The molecule has 0 bridgehead atoms. The Bertz CT molecular complexity index is 1150. The first-order chi connectivity index (χ1) is 15.5. The van der Waals surface area contributed by atoms with E-state index in [0.717, 1.165) is 11.8 Å². The van der Waals surface area contributed by atoms with Crippen LogP contribution in [0.25, 0.3) is 0 Å². The van der Waals surface area contributed by atoms with Crippen LogP contribution in [0.2, 0.25) is 5.02 Å². The number of anilines is 2. The first kappa shape index (κ1) is 24.7. The molecule has 2 N–H and O–H groups in total. The Hall–Kier alpha value is -2.98. The molecule has 0 spiro atoms. The van der Waals surface area contributed by atoms with E-state index in [2.05, 4.69) is 10.0 Å². The van der Waals surface area contributed by atoms with E-state index in [1.807, 2.05) is 6.92 Å². The maximum Gasteiger partial charge on any atom is 0.229 e. The van der Waals surface area contributed by atoms with E-state index >= 15 is 0 Å². The molecule has 1 aliphatic rings. The zero-order valence-electron chi connectivity index (χ0n) is 18.7. The van der Waals surface area contributed by atoms with Gasteiger partial charge in [0.05, 0.1) is 43.1 Å². The molecule has 1 saturated heterocycles. The largest absolute Gasteiger partial charge is 0.495 e. The minimum Gasteiger partial charge on any atom is -0.495 e. The highest BCUT2D eigenvalue weighted by Gasteiger charge is 2.37. The first-order valence-electron chi connectivity index (χ1n) is 10.1. The molecular formula is C22H26ClN3O6S. The molecule has 0 aliphatic carbocycles. The summed E-state index contributed by atoms with van der Waals surface area (Å²) in [6, 6.07) is 9.57. The van der Waals surface area contributed by atoms with Gasteiger partial charge in [-0.2, -0.15) is 0 Å². The van der Waals surface area contributed by atoms with Crippen molar-refractivity contribution in [1.29, 1.82) is 0 Å². The number of ether oxygens (including phenoxy) is 2. The van der Waals surface area contributed by atoms with Crippen molar-refractivity contribution >= 4 is 44.8 Å². The highest BCUT2D eigenvalue weighted by Crippen LogP contribution is 2.40. The van der Waals surface area contributed by atoms with E-state index in [-0.39, 0.29) is 30.8 Å². The quantitative estimate of drug-likeness (QED) is 0.582. The van der Waals surface area contributed by atoms with Crippen molar-refractivity contribution in [3.63, 3.8) is 0 Å². The number of benzene rings is 2. The van der Waals surface area contributed by atoms with Gasteiger partial charge in [-0.15, -0.1) is 0 Å². The van der Waals surface area contributed by atoms with Crippen LogP contribution in [0, 0.1) is 5.92 Å². The summed E-state index contributed by atoms with van der Waals surface area (Å²) in [6.45, 7) is 2.01. The number of nitrogens with one attached hydrogen (secondary N) is 2. The van der Waals surface area contributed by atoms with Crippen LogP contribution in [0.1, 0.15) is 24.9 Å². The van der Waals surface area contributed by atoms with Crippen LogP contribution in [0.5, 0.6) is 11.5 Å². The number of hydrogen-bond donors (Lipinski definition) is 2. The Morgan fingerprint density at radius 3 is 2.36 bits per heavy atom. The second-order valence-electron chi connectivity index (χ2n) is 7.79. The van der Waals surface area contributed by atoms with E-state index in [4.69, 9.17) is 21.1 Å². The van der Waals surface area contributed by atoms with Gasteiger partial charge in [-0.05, 0) is 30.7 Å². The summed E-state index contributed by atoms with van der Waals surface area (Å²) in [5, 5.41) is 3.25. The average Bonchev–Trinajstić information content (AvgIpc) is 3.14. The van der Waals surface area contributed by atoms with Crippen LogP contribution < -0.4 is 24.4 Å². The Morgan fingerprint density at radius 1 is 1.15 bits per heavy atom. The molecule has 2 amide bonds. The number of amides is 2. The number of halogens is 1. The van der Waals surface area contributed by atoms with Gasteiger partial charge in [0, 0.05) is 24.7 Å². The molecule has 0 aromatic heterocycles. The fourth-order valence-corrected chi connectivity index (χ4v) is 4.44. The zero-order chi connectivity index (χ0) is 24.3. The van der Waals surface area contributed by atoms with Gasteiger partial charge in [-0.25, -0.2) is 8.42 Å². The van der Waals surface area contributed by atoms with Crippen molar-refractivity contribution < 1.29 is 27.5 Å². The maximum atomic E-state index is 12.9. The number of nitrogens with zero attached hydrogens (tertiary/aromatic N) is 1. The molecular weight excluding hydrogens is 470 g/mol. The molecule has 2 aromatic rings. The van der Waals surface area contributed by atoms with Crippen LogP contribution in [-0.2, 0) is 19.6 Å². The fourth-order valence-electron chi connectivity index (χ4n) is 3.64. The molecule has 9 nitrogen and oxygen atoms in total. The second-order valence-corrected chi connectivity index (χ2v) is 9.95. The molecule has 178 valence electrons. The summed E-state index contributed by atoms with van der Waals surface area (Å²) in [6.07, 6.45) is 1.13. The van der Waals surface area contributed by atoms with Crippen molar-refractivity contribution in [2.45, 2.75) is 19.4 Å².